The van der Waals surface area contributed by atoms with Crippen LogP contribution in [0.4, 0.5) is 0 Å². The summed E-state index contributed by atoms with van der Waals surface area (Å²) in [6.45, 7) is 5.69. The molecule has 1 N–H and O–H groups in total. The lowest BCUT2D eigenvalue weighted by Crippen LogP contribution is -2.50. The van der Waals surface area contributed by atoms with Gasteiger partial charge in [0.25, 0.3) is 0 Å². The fourth-order valence-electron chi connectivity index (χ4n) is 4.61. The summed E-state index contributed by atoms with van der Waals surface area (Å²) >= 11 is 0. The molecule has 8 nitrogen and oxygen atoms in total. The summed E-state index contributed by atoms with van der Waals surface area (Å²) in [5, 5.41) is 11.6. The van der Waals surface area contributed by atoms with Crippen LogP contribution in [0.5, 0.6) is 17.2 Å². The molecule has 3 aromatic carbocycles. The second-order valence-electron chi connectivity index (χ2n) is 9.19. The van der Waals surface area contributed by atoms with Crippen molar-refractivity contribution < 1.29 is 23.7 Å². The maximum absolute atomic E-state index is 12.8. The summed E-state index contributed by atoms with van der Waals surface area (Å²) in [6, 6.07) is 20.0. The molecule has 1 fully saturated rings. The molecule has 1 atom stereocenters. The van der Waals surface area contributed by atoms with Crippen molar-refractivity contribution in [3.63, 3.8) is 0 Å². The number of fused-ring (bicyclic) bond motifs is 2. The number of hydrogen-bond donors (Lipinski definition) is 1. The molecular weight excluding hydrogens is 472 g/mol. The summed E-state index contributed by atoms with van der Waals surface area (Å²) in [5.74, 6) is 2.11. The molecule has 0 spiro atoms. The van der Waals surface area contributed by atoms with E-state index in [0.29, 0.717) is 40.8 Å². The van der Waals surface area contributed by atoms with E-state index in [0.717, 1.165) is 44.2 Å². The number of para-hydroxylation sites is 2. The SMILES string of the molecule is COc1ccc(OCCN2CCN(CC(O)COc3cccc4c(=O)c5ccccc5oc34)CC2)cc1. The number of piperazine rings is 1. The maximum atomic E-state index is 12.8. The predicted octanol–water partition coefficient (Wildman–Crippen LogP) is 3.39. The number of benzene rings is 3. The highest BCUT2D eigenvalue weighted by atomic mass is 16.5. The van der Waals surface area contributed by atoms with Crippen molar-refractivity contribution in [3.8, 4) is 17.2 Å². The molecule has 4 aromatic rings. The van der Waals surface area contributed by atoms with Crippen molar-refractivity contribution >= 4 is 21.9 Å². The van der Waals surface area contributed by atoms with E-state index in [4.69, 9.17) is 18.6 Å². The number of methoxy groups -OCH3 is 1. The minimum Gasteiger partial charge on any atom is -0.497 e. The number of hydrogen-bond acceptors (Lipinski definition) is 8. The van der Waals surface area contributed by atoms with Crippen molar-refractivity contribution in [2.24, 2.45) is 0 Å². The van der Waals surface area contributed by atoms with Crippen molar-refractivity contribution in [3.05, 3.63) is 77.0 Å². The minimum atomic E-state index is -0.660. The van der Waals surface area contributed by atoms with Gasteiger partial charge in [-0.15, -0.1) is 0 Å². The summed E-state index contributed by atoms with van der Waals surface area (Å²) in [6.07, 6.45) is -0.660. The number of β-amino-alcohol motifs (C(OH)–C–C–N with tert-alkyl or cyclic N) is 1. The fourth-order valence-corrected chi connectivity index (χ4v) is 4.61. The third-order valence-electron chi connectivity index (χ3n) is 6.67. The lowest BCUT2D eigenvalue weighted by atomic mass is 10.1. The molecule has 1 aliphatic rings. The van der Waals surface area contributed by atoms with Crippen LogP contribution in [-0.2, 0) is 0 Å². The van der Waals surface area contributed by atoms with Gasteiger partial charge in [-0.25, -0.2) is 0 Å². The summed E-state index contributed by atoms with van der Waals surface area (Å²) in [4.78, 5) is 17.4. The van der Waals surface area contributed by atoms with Crippen LogP contribution >= 0.6 is 0 Å². The highest BCUT2D eigenvalue weighted by Crippen LogP contribution is 2.27. The number of nitrogens with zero attached hydrogens (tertiary/aromatic N) is 2. The zero-order valence-corrected chi connectivity index (χ0v) is 21.0. The quantitative estimate of drug-likeness (QED) is 0.329. The Balaban J connectivity index is 1.08. The summed E-state index contributed by atoms with van der Waals surface area (Å²) < 4.78 is 22.9. The van der Waals surface area contributed by atoms with Gasteiger partial charge >= 0.3 is 0 Å². The van der Waals surface area contributed by atoms with E-state index < -0.39 is 6.10 Å². The van der Waals surface area contributed by atoms with Gasteiger partial charge in [0.05, 0.1) is 17.9 Å². The largest absolute Gasteiger partial charge is 0.497 e. The summed E-state index contributed by atoms with van der Waals surface area (Å²) in [7, 11) is 1.65. The first-order chi connectivity index (χ1) is 18.1. The maximum Gasteiger partial charge on any atom is 0.200 e. The molecule has 1 unspecified atom stereocenters. The minimum absolute atomic E-state index is 0.0879. The predicted molar refractivity (Wildman–Crippen MR) is 143 cm³/mol. The zero-order valence-electron chi connectivity index (χ0n) is 21.0. The van der Waals surface area contributed by atoms with E-state index in [1.54, 1.807) is 37.4 Å². The molecular formula is C29H32N2O6. The standard InChI is InChI=1S/C29H32N2O6/c1-34-22-9-11-23(12-10-22)35-18-17-30-13-15-31(16-14-30)19-21(32)20-36-27-8-4-6-25-28(33)24-5-2-3-7-26(24)37-29(25)27/h2-12,21,32H,13-20H2,1H3. The van der Waals surface area contributed by atoms with Crippen molar-refractivity contribution in [1.82, 2.24) is 9.80 Å². The average molecular weight is 505 g/mol. The Morgan fingerprint density at radius 1 is 0.865 bits per heavy atom. The van der Waals surface area contributed by atoms with Gasteiger partial charge in [-0.3, -0.25) is 14.6 Å². The van der Waals surface area contributed by atoms with Gasteiger partial charge in [0.15, 0.2) is 11.3 Å². The van der Waals surface area contributed by atoms with Gasteiger partial charge in [0.2, 0.25) is 5.43 Å². The highest BCUT2D eigenvalue weighted by molar-refractivity contribution is 5.92. The second kappa shape index (κ2) is 11.6. The van der Waals surface area contributed by atoms with Crippen LogP contribution in [0.25, 0.3) is 21.9 Å². The molecule has 37 heavy (non-hydrogen) atoms. The van der Waals surface area contributed by atoms with Gasteiger partial charge in [-0.2, -0.15) is 0 Å². The Hall–Kier alpha value is -3.59. The molecule has 2 heterocycles. The monoisotopic (exact) mass is 504 g/mol. The summed E-state index contributed by atoms with van der Waals surface area (Å²) in [5.41, 5.74) is 0.836. The van der Waals surface area contributed by atoms with Gasteiger partial charge in [0, 0.05) is 39.3 Å². The molecule has 0 amide bonds. The van der Waals surface area contributed by atoms with Crippen LogP contribution in [0.15, 0.2) is 75.9 Å². The molecule has 1 aliphatic heterocycles. The molecule has 0 radical (unpaired) electrons. The number of aliphatic hydroxyl groups excluding tert-OH is 1. The number of rotatable bonds is 10. The fraction of sp³-hybridized carbons (Fsp3) is 0.345. The molecule has 0 aliphatic carbocycles. The molecule has 5 rings (SSSR count). The molecule has 8 heteroatoms. The Morgan fingerprint density at radius 2 is 1.57 bits per heavy atom. The van der Waals surface area contributed by atoms with E-state index >= 15 is 0 Å². The van der Waals surface area contributed by atoms with E-state index in [9.17, 15) is 9.90 Å². The molecule has 0 saturated carbocycles. The molecule has 1 saturated heterocycles. The average Bonchev–Trinajstić information content (AvgIpc) is 2.93. The Labute approximate surface area is 215 Å². The van der Waals surface area contributed by atoms with Crippen LogP contribution in [0.3, 0.4) is 0 Å². The van der Waals surface area contributed by atoms with Crippen LogP contribution in [0.2, 0.25) is 0 Å². The Kier molecular flexibility index (Phi) is 7.89. The third-order valence-corrected chi connectivity index (χ3v) is 6.67. The first-order valence-corrected chi connectivity index (χ1v) is 12.6. The number of aliphatic hydroxyl groups is 1. The van der Waals surface area contributed by atoms with Gasteiger partial charge < -0.3 is 23.7 Å². The molecule has 194 valence electrons. The topological polar surface area (TPSA) is 84.6 Å². The van der Waals surface area contributed by atoms with Crippen molar-refractivity contribution in [2.75, 3.05) is 59.6 Å². The van der Waals surface area contributed by atoms with Crippen LogP contribution < -0.4 is 19.6 Å². The highest BCUT2D eigenvalue weighted by Gasteiger charge is 2.20. The lowest BCUT2D eigenvalue weighted by molar-refractivity contribution is 0.0437. The lowest BCUT2D eigenvalue weighted by Gasteiger charge is -2.35. The Morgan fingerprint density at radius 3 is 2.35 bits per heavy atom. The zero-order chi connectivity index (χ0) is 25.6. The van der Waals surface area contributed by atoms with Gasteiger partial charge in [-0.1, -0.05) is 18.2 Å². The normalized spacial score (nSPS) is 15.6. The Bertz CT molecular complexity index is 1380. The van der Waals surface area contributed by atoms with E-state index in [1.807, 2.05) is 36.4 Å². The molecule has 0 bridgehead atoms. The molecule has 1 aromatic heterocycles. The van der Waals surface area contributed by atoms with Crippen LogP contribution in [0.1, 0.15) is 0 Å². The van der Waals surface area contributed by atoms with E-state index in [2.05, 4.69) is 9.80 Å². The first-order valence-electron chi connectivity index (χ1n) is 12.6. The van der Waals surface area contributed by atoms with Gasteiger partial charge in [0.1, 0.15) is 36.4 Å². The van der Waals surface area contributed by atoms with Gasteiger partial charge in [-0.05, 0) is 48.5 Å². The van der Waals surface area contributed by atoms with Crippen molar-refractivity contribution in [1.29, 1.82) is 0 Å². The smallest absolute Gasteiger partial charge is 0.200 e. The van der Waals surface area contributed by atoms with E-state index in [1.165, 1.54) is 0 Å². The van der Waals surface area contributed by atoms with Crippen LogP contribution in [0, 0.1) is 0 Å². The van der Waals surface area contributed by atoms with Crippen LogP contribution in [-0.4, -0.2) is 80.6 Å². The van der Waals surface area contributed by atoms with Crippen molar-refractivity contribution in [2.45, 2.75) is 6.10 Å². The first kappa shape index (κ1) is 25.1. The third kappa shape index (κ3) is 6.05. The second-order valence-corrected chi connectivity index (χ2v) is 9.19. The van der Waals surface area contributed by atoms with E-state index in [-0.39, 0.29) is 12.0 Å². The number of ether oxygens (including phenoxy) is 3.